The van der Waals surface area contributed by atoms with Crippen molar-refractivity contribution in [3.63, 3.8) is 0 Å². The van der Waals surface area contributed by atoms with Crippen molar-refractivity contribution in [2.75, 3.05) is 12.8 Å². The summed E-state index contributed by atoms with van der Waals surface area (Å²) in [5.74, 6) is -0.719. The minimum atomic E-state index is -3.60. The maximum absolute atomic E-state index is 12.9. The smallest absolute Gasteiger partial charge is 0.270 e. The van der Waals surface area contributed by atoms with Crippen molar-refractivity contribution in [1.82, 2.24) is 15.6 Å². The number of nitrogens with one attached hydrogen (secondary N) is 2. The molecule has 0 spiro atoms. The second kappa shape index (κ2) is 8.81. The fourth-order valence-corrected chi connectivity index (χ4v) is 5.14. The van der Waals surface area contributed by atoms with Crippen molar-refractivity contribution in [2.24, 2.45) is 11.3 Å². The highest BCUT2D eigenvalue weighted by atomic mass is 32.2. The first kappa shape index (κ1) is 23.3. The lowest BCUT2D eigenvalue weighted by molar-refractivity contribution is -0.123. The first-order valence-electron chi connectivity index (χ1n) is 10.1. The summed E-state index contributed by atoms with van der Waals surface area (Å²) in [6, 6.07) is 2.52. The Kier molecular flexibility index (Phi) is 7.09. The first-order chi connectivity index (χ1) is 13.3. The molecule has 1 atom stereocenters. The lowest BCUT2D eigenvalue weighted by Crippen LogP contribution is -2.47. The number of hydrogen-bond donors (Lipinski definition) is 2. The highest BCUT2D eigenvalue weighted by Gasteiger charge is 2.33. The largest absolute Gasteiger partial charge is 0.357 e. The highest BCUT2D eigenvalue weighted by Crippen LogP contribution is 2.42. The Labute approximate surface area is 174 Å². The second-order valence-electron chi connectivity index (χ2n) is 9.45. The molecule has 0 aliphatic heterocycles. The van der Waals surface area contributed by atoms with E-state index < -0.39 is 21.8 Å². The maximum Gasteiger partial charge on any atom is 0.270 e. The number of carbonyl (C=O) groups is 2. The number of rotatable bonds is 8. The molecule has 0 aromatic carbocycles. The monoisotopic (exact) mass is 423 g/mol. The zero-order valence-corrected chi connectivity index (χ0v) is 19.0. The van der Waals surface area contributed by atoms with E-state index in [0.717, 1.165) is 12.8 Å². The molecule has 8 heteroatoms. The van der Waals surface area contributed by atoms with Crippen molar-refractivity contribution < 1.29 is 18.0 Å². The van der Waals surface area contributed by atoms with Crippen molar-refractivity contribution in [3.8, 4) is 0 Å². The van der Waals surface area contributed by atoms with Gasteiger partial charge in [-0.2, -0.15) is 0 Å². The number of nitrogens with zero attached hydrogens (tertiary/aromatic N) is 1. The lowest BCUT2D eigenvalue weighted by atomic mass is 9.87. The van der Waals surface area contributed by atoms with Crippen LogP contribution in [-0.2, 0) is 14.6 Å². The molecule has 2 rings (SSSR count). The summed E-state index contributed by atoms with van der Waals surface area (Å²) >= 11 is 0. The van der Waals surface area contributed by atoms with Gasteiger partial charge in [-0.1, -0.05) is 40.7 Å². The number of aromatic nitrogens is 1. The van der Waals surface area contributed by atoms with Gasteiger partial charge < -0.3 is 10.6 Å². The Morgan fingerprint density at radius 3 is 2.31 bits per heavy atom. The van der Waals surface area contributed by atoms with E-state index in [1.54, 1.807) is 12.1 Å². The van der Waals surface area contributed by atoms with Crippen molar-refractivity contribution in [3.05, 3.63) is 23.4 Å². The molecular weight excluding hydrogens is 390 g/mol. The zero-order valence-electron chi connectivity index (χ0n) is 18.2. The third-order valence-electron chi connectivity index (χ3n) is 4.67. The van der Waals surface area contributed by atoms with E-state index in [9.17, 15) is 18.0 Å². The number of carbonyl (C=O) groups excluding carboxylic acids is 2. The molecule has 1 aromatic heterocycles. The van der Waals surface area contributed by atoms with Crippen LogP contribution in [0.15, 0.2) is 17.2 Å². The van der Waals surface area contributed by atoms with Crippen molar-refractivity contribution in [1.29, 1.82) is 0 Å². The number of amides is 2. The van der Waals surface area contributed by atoms with Crippen LogP contribution in [0.25, 0.3) is 0 Å². The van der Waals surface area contributed by atoms with Crippen LogP contribution in [0.1, 0.15) is 75.9 Å². The van der Waals surface area contributed by atoms with E-state index in [2.05, 4.69) is 15.6 Å². The van der Waals surface area contributed by atoms with E-state index >= 15 is 0 Å². The lowest BCUT2D eigenvalue weighted by Gasteiger charge is -2.25. The van der Waals surface area contributed by atoms with E-state index in [0.29, 0.717) is 12.0 Å². The Morgan fingerprint density at radius 1 is 1.21 bits per heavy atom. The van der Waals surface area contributed by atoms with Crippen LogP contribution < -0.4 is 10.6 Å². The molecule has 2 amide bonds. The van der Waals surface area contributed by atoms with E-state index in [-0.39, 0.29) is 39.6 Å². The van der Waals surface area contributed by atoms with Gasteiger partial charge >= 0.3 is 0 Å². The molecule has 162 valence electrons. The average molecular weight is 424 g/mol. The fraction of sp³-hybridized carbons (Fsp3) is 0.667. The SMILES string of the molecule is CNC(=O)C(CC(C)(C)C)NC(=O)c1ccc(C2CC2)c(S(=O)(=O)CC(C)C)n1. The average Bonchev–Trinajstić information content (AvgIpc) is 3.42. The van der Waals surface area contributed by atoms with Gasteiger partial charge in [-0.05, 0) is 48.1 Å². The minimum absolute atomic E-state index is 0.00802. The molecule has 7 nitrogen and oxygen atoms in total. The van der Waals surface area contributed by atoms with Gasteiger partial charge in [-0.3, -0.25) is 9.59 Å². The van der Waals surface area contributed by atoms with Crippen LogP contribution in [0, 0.1) is 11.3 Å². The molecule has 1 heterocycles. The quantitative estimate of drug-likeness (QED) is 0.669. The minimum Gasteiger partial charge on any atom is -0.357 e. The second-order valence-corrected chi connectivity index (χ2v) is 11.4. The molecule has 0 bridgehead atoms. The van der Waals surface area contributed by atoms with Gasteiger partial charge in [0.05, 0.1) is 5.75 Å². The third kappa shape index (κ3) is 6.52. The standard InChI is InChI=1S/C21H33N3O4S/c1-13(2)12-29(27,28)20-15(14-7-8-14)9-10-16(24-20)19(26)23-17(18(25)22-6)11-21(3,4)5/h9-10,13-14,17H,7-8,11-12H2,1-6H3,(H,22,25)(H,23,26). The van der Waals surface area contributed by atoms with Gasteiger partial charge in [0.25, 0.3) is 5.91 Å². The van der Waals surface area contributed by atoms with Crippen LogP contribution >= 0.6 is 0 Å². The maximum atomic E-state index is 12.9. The molecule has 1 unspecified atom stereocenters. The summed E-state index contributed by atoms with van der Waals surface area (Å²) in [6.45, 7) is 9.62. The van der Waals surface area contributed by atoms with E-state index in [4.69, 9.17) is 0 Å². The van der Waals surface area contributed by atoms with Crippen LogP contribution in [0.5, 0.6) is 0 Å². The summed E-state index contributed by atoms with van der Waals surface area (Å²) in [7, 11) is -2.08. The fourth-order valence-electron chi connectivity index (χ4n) is 3.28. The topological polar surface area (TPSA) is 105 Å². The zero-order chi connectivity index (χ0) is 22.0. The van der Waals surface area contributed by atoms with E-state index in [1.165, 1.54) is 7.05 Å². The van der Waals surface area contributed by atoms with Gasteiger partial charge in [0.15, 0.2) is 14.9 Å². The summed E-state index contributed by atoms with van der Waals surface area (Å²) in [4.78, 5) is 29.3. The molecule has 29 heavy (non-hydrogen) atoms. The van der Waals surface area contributed by atoms with Gasteiger partial charge in [-0.15, -0.1) is 0 Å². The normalized spacial score (nSPS) is 15.8. The molecule has 1 aliphatic rings. The summed E-state index contributed by atoms with van der Waals surface area (Å²) in [6.07, 6.45) is 2.31. The van der Waals surface area contributed by atoms with Gasteiger partial charge in [0.2, 0.25) is 5.91 Å². The highest BCUT2D eigenvalue weighted by molar-refractivity contribution is 7.91. The predicted molar refractivity (Wildman–Crippen MR) is 112 cm³/mol. The van der Waals surface area contributed by atoms with Gasteiger partial charge in [0, 0.05) is 7.05 Å². The molecule has 0 saturated heterocycles. The van der Waals surface area contributed by atoms with Crippen LogP contribution in [0.2, 0.25) is 0 Å². The summed E-state index contributed by atoms with van der Waals surface area (Å²) in [5.41, 5.74) is 0.527. The Balaban J connectivity index is 2.35. The van der Waals surface area contributed by atoms with Crippen molar-refractivity contribution >= 4 is 21.7 Å². The number of hydrogen-bond acceptors (Lipinski definition) is 5. The van der Waals surface area contributed by atoms with E-state index in [1.807, 2.05) is 34.6 Å². The van der Waals surface area contributed by atoms with Crippen LogP contribution in [0.3, 0.4) is 0 Å². The summed E-state index contributed by atoms with van der Waals surface area (Å²) in [5, 5.41) is 5.29. The van der Waals surface area contributed by atoms with Gasteiger partial charge in [-0.25, -0.2) is 13.4 Å². The predicted octanol–water partition coefficient (Wildman–Crippen LogP) is 2.67. The molecular formula is C21H33N3O4S. The molecule has 1 aliphatic carbocycles. The number of sulfone groups is 1. The van der Waals surface area contributed by atoms with Crippen LogP contribution in [-0.4, -0.2) is 44.1 Å². The molecule has 2 N–H and O–H groups in total. The Hall–Kier alpha value is -1.96. The third-order valence-corrected chi connectivity index (χ3v) is 6.69. The molecule has 1 fully saturated rings. The van der Waals surface area contributed by atoms with Crippen molar-refractivity contribution in [2.45, 2.75) is 70.9 Å². The molecule has 0 radical (unpaired) electrons. The van der Waals surface area contributed by atoms with Crippen LogP contribution in [0.4, 0.5) is 0 Å². The molecule has 1 saturated carbocycles. The first-order valence-corrected chi connectivity index (χ1v) is 11.8. The Morgan fingerprint density at radius 2 is 1.83 bits per heavy atom. The summed E-state index contributed by atoms with van der Waals surface area (Å²) < 4.78 is 25.8. The number of pyridine rings is 1. The molecule has 1 aromatic rings. The van der Waals surface area contributed by atoms with Gasteiger partial charge in [0.1, 0.15) is 11.7 Å². The number of likely N-dealkylation sites (N-methyl/N-ethyl adjacent to an activating group) is 1. The Bertz CT molecular complexity index is 868.